The molecule has 3 aliphatic rings. The average Bonchev–Trinajstić information content (AvgIpc) is 3.34. The van der Waals surface area contributed by atoms with Crippen LogP contribution in [0.3, 0.4) is 0 Å². The van der Waals surface area contributed by atoms with E-state index >= 15 is 0 Å². The minimum atomic E-state index is -0.0885. The van der Waals surface area contributed by atoms with Gasteiger partial charge < -0.3 is 15.3 Å². The van der Waals surface area contributed by atoms with Crippen LogP contribution in [0.5, 0.6) is 0 Å². The highest BCUT2D eigenvalue weighted by Gasteiger charge is 2.40. The first-order chi connectivity index (χ1) is 13.7. The molecule has 138 valence electrons. The lowest BCUT2D eigenvalue weighted by Gasteiger charge is -2.35. The first kappa shape index (κ1) is 16.5. The summed E-state index contributed by atoms with van der Waals surface area (Å²) in [5.74, 6) is 6.14. The number of anilines is 2. The molecule has 0 bridgehead atoms. The Morgan fingerprint density at radius 3 is 3.07 bits per heavy atom. The van der Waals surface area contributed by atoms with Gasteiger partial charge in [0.1, 0.15) is 17.9 Å². The molecule has 0 spiro atoms. The highest BCUT2D eigenvalue weighted by Crippen LogP contribution is 2.36. The second-order valence-corrected chi connectivity index (χ2v) is 7.03. The third-order valence-electron chi connectivity index (χ3n) is 5.20. The van der Waals surface area contributed by atoms with Crippen LogP contribution in [0.2, 0.25) is 0 Å². The summed E-state index contributed by atoms with van der Waals surface area (Å²) in [6, 6.07) is 6.84. The molecule has 5 heterocycles. The van der Waals surface area contributed by atoms with E-state index in [1.165, 1.54) is 6.20 Å². The summed E-state index contributed by atoms with van der Waals surface area (Å²) in [7, 11) is 0. The Kier molecular flexibility index (Phi) is 3.81. The third-order valence-corrected chi connectivity index (χ3v) is 5.20. The van der Waals surface area contributed by atoms with E-state index in [-0.39, 0.29) is 12.0 Å². The van der Waals surface area contributed by atoms with E-state index in [4.69, 9.17) is 5.26 Å². The topological polar surface area (TPSA) is 109 Å². The summed E-state index contributed by atoms with van der Waals surface area (Å²) in [5, 5.41) is 11.0. The number of amidine groups is 1. The van der Waals surface area contributed by atoms with Crippen molar-refractivity contribution in [2.45, 2.75) is 13.0 Å². The predicted molar refractivity (Wildman–Crippen MR) is 105 cm³/mol. The van der Waals surface area contributed by atoms with Crippen LogP contribution in [-0.4, -0.2) is 51.1 Å². The van der Waals surface area contributed by atoms with Crippen molar-refractivity contribution in [1.29, 1.82) is 5.26 Å². The molecule has 1 fully saturated rings. The Bertz CT molecular complexity index is 1060. The second kappa shape index (κ2) is 6.48. The van der Waals surface area contributed by atoms with Crippen molar-refractivity contribution >= 4 is 29.4 Å². The predicted octanol–water partition coefficient (Wildman–Crippen LogP) is 1.54. The van der Waals surface area contributed by atoms with Crippen LogP contribution in [0, 0.1) is 35.1 Å². The SMILES string of the molecule is C[C@@H]1CN(Nc2cnc(C#N)cn2)C[C@@H]1C1=NC#CC2C=Nc3[nH]ccc3N12. The number of hydrazine groups is 1. The zero-order valence-corrected chi connectivity index (χ0v) is 15.2. The van der Waals surface area contributed by atoms with Gasteiger partial charge >= 0.3 is 0 Å². The number of nitriles is 1. The fourth-order valence-electron chi connectivity index (χ4n) is 3.85. The number of aromatic nitrogens is 3. The van der Waals surface area contributed by atoms with Gasteiger partial charge in [0, 0.05) is 37.5 Å². The molecule has 3 aliphatic heterocycles. The van der Waals surface area contributed by atoms with Gasteiger partial charge in [0.15, 0.2) is 17.3 Å². The highest BCUT2D eigenvalue weighted by molar-refractivity contribution is 6.09. The maximum atomic E-state index is 8.85. The molecule has 0 amide bonds. The van der Waals surface area contributed by atoms with E-state index in [0.29, 0.717) is 17.4 Å². The van der Waals surface area contributed by atoms with Gasteiger partial charge in [0.2, 0.25) is 0 Å². The van der Waals surface area contributed by atoms with Gasteiger partial charge in [-0.2, -0.15) is 10.3 Å². The maximum absolute atomic E-state index is 8.85. The summed E-state index contributed by atoms with van der Waals surface area (Å²) in [6.45, 7) is 3.82. The van der Waals surface area contributed by atoms with E-state index in [9.17, 15) is 0 Å². The van der Waals surface area contributed by atoms with Gasteiger partial charge in [-0.3, -0.25) is 0 Å². The zero-order valence-electron chi connectivity index (χ0n) is 15.2. The smallest absolute Gasteiger partial charge is 0.159 e. The molecule has 1 unspecified atom stereocenters. The van der Waals surface area contributed by atoms with Crippen LogP contribution < -0.4 is 10.3 Å². The van der Waals surface area contributed by atoms with Crippen LogP contribution in [0.1, 0.15) is 12.6 Å². The molecule has 0 radical (unpaired) electrons. The van der Waals surface area contributed by atoms with Crippen molar-refractivity contribution < 1.29 is 0 Å². The van der Waals surface area contributed by atoms with E-state index in [1.807, 2.05) is 24.5 Å². The summed E-state index contributed by atoms with van der Waals surface area (Å²) in [4.78, 5) is 22.7. The second-order valence-electron chi connectivity index (χ2n) is 7.03. The number of nitrogens with one attached hydrogen (secondary N) is 2. The molecular weight excluding hydrogens is 354 g/mol. The van der Waals surface area contributed by atoms with E-state index < -0.39 is 0 Å². The van der Waals surface area contributed by atoms with Crippen molar-refractivity contribution in [2.75, 3.05) is 23.4 Å². The Morgan fingerprint density at radius 2 is 2.25 bits per heavy atom. The highest BCUT2D eigenvalue weighted by atomic mass is 15.5. The molecule has 2 aromatic heterocycles. The van der Waals surface area contributed by atoms with Crippen LogP contribution in [0.4, 0.5) is 17.3 Å². The van der Waals surface area contributed by atoms with E-state index in [0.717, 1.165) is 30.4 Å². The fraction of sp³-hybridized carbons (Fsp3) is 0.316. The fourth-order valence-corrected chi connectivity index (χ4v) is 3.85. The zero-order chi connectivity index (χ0) is 19.1. The van der Waals surface area contributed by atoms with Gasteiger partial charge in [-0.1, -0.05) is 6.92 Å². The number of rotatable bonds is 3. The quantitative estimate of drug-likeness (QED) is 0.792. The minimum Gasteiger partial charge on any atom is -0.345 e. The number of nitrogens with zero attached hydrogens (tertiary/aromatic N) is 7. The Hall–Kier alpha value is -3.69. The van der Waals surface area contributed by atoms with Crippen LogP contribution in [-0.2, 0) is 0 Å². The lowest BCUT2D eigenvalue weighted by atomic mass is 9.94. The number of fused-ring (bicyclic) bond motifs is 3. The molecule has 28 heavy (non-hydrogen) atoms. The molecule has 2 aromatic rings. The van der Waals surface area contributed by atoms with Gasteiger partial charge in [-0.15, -0.1) is 0 Å². The third kappa shape index (κ3) is 2.70. The van der Waals surface area contributed by atoms with Crippen LogP contribution in [0.15, 0.2) is 34.6 Å². The number of hydrogen-bond donors (Lipinski definition) is 2. The summed E-state index contributed by atoms with van der Waals surface area (Å²) < 4.78 is 0. The van der Waals surface area contributed by atoms with Gasteiger partial charge in [-0.25, -0.2) is 20.0 Å². The molecule has 9 heteroatoms. The molecular formula is C19H17N9. The van der Waals surface area contributed by atoms with E-state index in [1.54, 1.807) is 6.20 Å². The van der Waals surface area contributed by atoms with Crippen molar-refractivity contribution in [2.24, 2.45) is 21.8 Å². The average molecular weight is 371 g/mol. The van der Waals surface area contributed by atoms with Crippen LogP contribution >= 0.6 is 0 Å². The monoisotopic (exact) mass is 371 g/mol. The van der Waals surface area contributed by atoms with Crippen molar-refractivity contribution in [3.8, 4) is 18.0 Å². The number of aromatic amines is 1. The largest absolute Gasteiger partial charge is 0.345 e. The summed E-state index contributed by atoms with van der Waals surface area (Å²) >= 11 is 0. The van der Waals surface area contributed by atoms with Crippen molar-refractivity contribution in [3.05, 3.63) is 30.4 Å². The van der Waals surface area contributed by atoms with Gasteiger partial charge in [0.05, 0.1) is 18.1 Å². The Balaban J connectivity index is 1.37. The lowest BCUT2D eigenvalue weighted by Crippen LogP contribution is -2.48. The van der Waals surface area contributed by atoms with Crippen molar-refractivity contribution in [1.82, 2.24) is 20.0 Å². The normalized spacial score (nSPS) is 25.2. The number of hydrogen-bond acceptors (Lipinski definition) is 8. The molecule has 5 rings (SSSR count). The van der Waals surface area contributed by atoms with Gasteiger partial charge in [0.25, 0.3) is 0 Å². The summed E-state index contributed by atoms with van der Waals surface area (Å²) in [5.41, 5.74) is 4.60. The van der Waals surface area contributed by atoms with Crippen LogP contribution in [0.25, 0.3) is 0 Å². The molecule has 2 N–H and O–H groups in total. The van der Waals surface area contributed by atoms with E-state index in [2.05, 4.69) is 59.2 Å². The lowest BCUT2D eigenvalue weighted by molar-refractivity contribution is 0.391. The van der Waals surface area contributed by atoms with Gasteiger partial charge in [-0.05, 0) is 17.9 Å². The first-order valence-electron chi connectivity index (χ1n) is 9.05. The standard InChI is InChI=1S/C19H17N9/c1-12-10-27(26-17-9-23-13(6-20)7-24-17)11-15(12)19-22-4-2-14-8-25-18-16(28(14)19)3-5-21-18/h3,5,7-9,12,14-15,21H,10-11H2,1H3,(H,24,26)/t12-,14?,15+/m1/s1. The molecule has 0 saturated carbocycles. The molecule has 0 aliphatic carbocycles. The summed E-state index contributed by atoms with van der Waals surface area (Å²) in [6.07, 6.45) is 6.79. The van der Waals surface area contributed by atoms with Crippen molar-refractivity contribution in [3.63, 3.8) is 0 Å². The first-order valence-corrected chi connectivity index (χ1v) is 9.05. The molecule has 3 atom stereocenters. The number of aliphatic imine (C=N–C) groups is 2. The molecule has 1 saturated heterocycles. The Morgan fingerprint density at radius 1 is 1.32 bits per heavy atom. The molecule has 0 aromatic carbocycles. The molecule has 9 nitrogen and oxygen atoms in total. The Labute approximate surface area is 161 Å². The minimum absolute atomic E-state index is 0.0885. The maximum Gasteiger partial charge on any atom is 0.159 e. The number of H-pyrrole nitrogens is 1.